The Hall–Kier alpha value is -2.10. The molecule has 2 heterocycles. The van der Waals surface area contributed by atoms with Crippen molar-refractivity contribution in [3.63, 3.8) is 0 Å². The first-order valence-corrected chi connectivity index (χ1v) is 9.48. The van der Waals surface area contributed by atoms with E-state index in [0.29, 0.717) is 18.9 Å². The summed E-state index contributed by atoms with van der Waals surface area (Å²) in [6.45, 7) is 5.10. The molecule has 0 spiro atoms. The summed E-state index contributed by atoms with van der Waals surface area (Å²) in [5, 5.41) is 3.09. The summed E-state index contributed by atoms with van der Waals surface area (Å²) in [5.74, 6) is 0.784. The van der Waals surface area contributed by atoms with Crippen molar-refractivity contribution >= 4 is 11.8 Å². The zero-order valence-electron chi connectivity index (χ0n) is 15.1. The van der Waals surface area contributed by atoms with Crippen molar-refractivity contribution in [2.24, 2.45) is 5.92 Å². The van der Waals surface area contributed by atoms with Crippen molar-refractivity contribution in [2.75, 3.05) is 0 Å². The average Bonchev–Trinajstić information content (AvgIpc) is 2.84. The van der Waals surface area contributed by atoms with Gasteiger partial charge >= 0.3 is 0 Å². The van der Waals surface area contributed by atoms with E-state index in [1.165, 1.54) is 23.1 Å². The van der Waals surface area contributed by atoms with Gasteiger partial charge in [-0.3, -0.25) is 9.59 Å². The Kier molecular flexibility index (Phi) is 4.14. The molecule has 1 aliphatic carbocycles. The SMILES string of the molecule is CC(C)Cc1cccc2c1CN(C1CCC(=O)NC1=C1CCC1)C2=O. The molecule has 4 heteroatoms. The Morgan fingerprint density at radius 1 is 1.20 bits per heavy atom. The Bertz CT molecular complexity index is 757. The number of carbonyl (C=O) groups is 2. The lowest BCUT2D eigenvalue weighted by molar-refractivity contribution is -0.122. The number of allylic oxidation sites excluding steroid dienone is 1. The number of fused-ring (bicyclic) bond motifs is 1. The highest BCUT2D eigenvalue weighted by Gasteiger charge is 2.39. The lowest BCUT2D eigenvalue weighted by atomic mass is 9.85. The van der Waals surface area contributed by atoms with E-state index < -0.39 is 0 Å². The minimum Gasteiger partial charge on any atom is -0.328 e. The third kappa shape index (κ3) is 2.88. The summed E-state index contributed by atoms with van der Waals surface area (Å²) in [6.07, 6.45) is 5.54. The van der Waals surface area contributed by atoms with Crippen LogP contribution < -0.4 is 5.32 Å². The van der Waals surface area contributed by atoms with Gasteiger partial charge in [-0.25, -0.2) is 0 Å². The van der Waals surface area contributed by atoms with E-state index in [-0.39, 0.29) is 17.9 Å². The topological polar surface area (TPSA) is 49.4 Å². The molecule has 2 aliphatic heterocycles. The summed E-state index contributed by atoms with van der Waals surface area (Å²) in [7, 11) is 0. The van der Waals surface area contributed by atoms with Gasteiger partial charge in [-0.15, -0.1) is 0 Å². The van der Waals surface area contributed by atoms with E-state index in [4.69, 9.17) is 0 Å². The smallest absolute Gasteiger partial charge is 0.255 e. The maximum Gasteiger partial charge on any atom is 0.255 e. The molecule has 25 heavy (non-hydrogen) atoms. The molecule has 1 saturated carbocycles. The van der Waals surface area contributed by atoms with E-state index in [1.54, 1.807) is 0 Å². The van der Waals surface area contributed by atoms with Crippen LogP contribution in [0.5, 0.6) is 0 Å². The Morgan fingerprint density at radius 2 is 2.00 bits per heavy atom. The number of piperidine rings is 1. The molecular weight excluding hydrogens is 312 g/mol. The quantitative estimate of drug-likeness (QED) is 0.916. The fourth-order valence-electron chi connectivity index (χ4n) is 4.27. The number of amides is 2. The standard InChI is InChI=1S/C21H26N2O2/c1-13(2)11-15-7-4-8-16-17(15)12-23(21(16)25)18-9-10-19(24)22-20(18)14-5-3-6-14/h4,7-8,13,18H,3,5-6,9-12H2,1-2H3,(H,22,24). The maximum atomic E-state index is 13.1. The van der Waals surface area contributed by atoms with Crippen molar-refractivity contribution in [3.05, 3.63) is 46.2 Å². The van der Waals surface area contributed by atoms with E-state index in [9.17, 15) is 9.59 Å². The monoisotopic (exact) mass is 338 g/mol. The largest absolute Gasteiger partial charge is 0.328 e. The highest BCUT2D eigenvalue weighted by Crippen LogP contribution is 2.37. The first-order valence-electron chi connectivity index (χ1n) is 9.48. The van der Waals surface area contributed by atoms with E-state index in [0.717, 1.165) is 36.9 Å². The lowest BCUT2D eigenvalue weighted by Crippen LogP contribution is -2.47. The van der Waals surface area contributed by atoms with Crippen LogP contribution in [0.4, 0.5) is 0 Å². The van der Waals surface area contributed by atoms with Crippen molar-refractivity contribution in [2.45, 2.75) is 65.0 Å². The van der Waals surface area contributed by atoms with Crippen LogP contribution in [0.15, 0.2) is 29.5 Å². The molecule has 1 aromatic rings. The summed E-state index contributed by atoms with van der Waals surface area (Å²) in [5.41, 5.74) is 5.70. The minimum absolute atomic E-state index is 0.0276. The summed E-state index contributed by atoms with van der Waals surface area (Å²) >= 11 is 0. The number of rotatable bonds is 3. The van der Waals surface area contributed by atoms with Gasteiger partial charge in [0.15, 0.2) is 0 Å². The number of carbonyl (C=O) groups excluding carboxylic acids is 2. The molecule has 1 saturated heterocycles. The predicted molar refractivity (Wildman–Crippen MR) is 96.9 cm³/mol. The van der Waals surface area contributed by atoms with Gasteiger partial charge in [0.2, 0.25) is 5.91 Å². The van der Waals surface area contributed by atoms with Crippen LogP contribution in [0.25, 0.3) is 0 Å². The van der Waals surface area contributed by atoms with Gasteiger partial charge in [0.05, 0.1) is 6.04 Å². The van der Waals surface area contributed by atoms with Gasteiger partial charge in [0.1, 0.15) is 0 Å². The molecule has 4 rings (SSSR count). The average molecular weight is 338 g/mol. The van der Waals surface area contributed by atoms with Gasteiger partial charge in [0, 0.05) is 24.2 Å². The summed E-state index contributed by atoms with van der Waals surface area (Å²) in [6, 6.07) is 6.15. The van der Waals surface area contributed by atoms with Gasteiger partial charge in [-0.2, -0.15) is 0 Å². The van der Waals surface area contributed by atoms with Crippen LogP contribution in [0, 0.1) is 5.92 Å². The molecule has 2 amide bonds. The molecule has 1 unspecified atom stereocenters. The van der Waals surface area contributed by atoms with Crippen LogP contribution in [-0.4, -0.2) is 22.8 Å². The van der Waals surface area contributed by atoms with Crippen LogP contribution in [-0.2, 0) is 17.8 Å². The molecule has 1 aromatic carbocycles. The zero-order valence-corrected chi connectivity index (χ0v) is 15.1. The number of hydrogen-bond donors (Lipinski definition) is 1. The highest BCUT2D eigenvalue weighted by molar-refractivity contribution is 5.99. The maximum absolute atomic E-state index is 13.1. The number of benzene rings is 1. The first-order chi connectivity index (χ1) is 12.0. The fraction of sp³-hybridized carbons (Fsp3) is 0.524. The number of nitrogens with zero attached hydrogens (tertiary/aromatic N) is 1. The zero-order chi connectivity index (χ0) is 17.6. The fourth-order valence-corrected chi connectivity index (χ4v) is 4.27. The van der Waals surface area contributed by atoms with E-state index in [2.05, 4.69) is 25.2 Å². The van der Waals surface area contributed by atoms with Crippen molar-refractivity contribution in [3.8, 4) is 0 Å². The van der Waals surface area contributed by atoms with Crippen LogP contribution in [0.2, 0.25) is 0 Å². The second-order valence-electron chi connectivity index (χ2n) is 7.95. The molecule has 0 radical (unpaired) electrons. The number of nitrogens with one attached hydrogen (secondary N) is 1. The highest BCUT2D eigenvalue weighted by atomic mass is 16.2. The lowest BCUT2D eigenvalue weighted by Gasteiger charge is -2.37. The Balaban J connectivity index is 1.66. The molecule has 4 nitrogen and oxygen atoms in total. The first kappa shape index (κ1) is 16.4. The van der Waals surface area contributed by atoms with Gasteiger partial charge in [-0.1, -0.05) is 26.0 Å². The molecule has 2 fully saturated rings. The van der Waals surface area contributed by atoms with Crippen LogP contribution in [0.1, 0.15) is 67.4 Å². The van der Waals surface area contributed by atoms with Gasteiger partial charge in [0.25, 0.3) is 5.91 Å². The Labute approximate surface area is 149 Å². The van der Waals surface area contributed by atoms with E-state index in [1.807, 2.05) is 17.0 Å². The molecular formula is C21H26N2O2. The van der Waals surface area contributed by atoms with Crippen molar-refractivity contribution in [1.82, 2.24) is 10.2 Å². The van der Waals surface area contributed by atoms with Gasteiger partial charge < -0.3 is 10.2 Å². The van der Waals surface area contributed by atoms with Gasteiger partial charge in [-0.05, 0) is 60.8 Å². The third-order valence-electron chi connectivity index (χ3n) is 5.69. The Morgan fingerprint density at radius 3 is 2.68 bits per heavy atom. The second kappa shape index (κ2) is 6.32. The molecule has 1 atom stereocenters. The van der Waals surface area contributed by atoms with Crippen molar-refractivity contribution < 1.29 is 9.59 Å². The summed E-state index contributed by atoms with van der Waals surface area (Å²) in [4.78, 5) is 27.0. The van der Waals surface area contributed by atoms with Crippen LogP contribution in [0.3, 0.4) is 0 Å². The van der Waals surface area contributed by atoms with E-state index >= 15 is 0 Å². The van der Waals surface area contributed by atoms with Crippen molar-refractivity contribution in [1.29, 1.82) is 0 Å². The predicted octanol–water partition coefficient (Wildman–Crippen LogP) is 3.56. The summed E-state index contributed by atoms with van der Waals surface area (Å²) < 4.78 is 0. The second-order valence-corrected chi connectivity index (χ2v) is 7.95. The molecule has 0 aromatic heterocycles. The minimum atomic E-state index is 0.0276. The molecule has 1 N–H and O–H groups in total. The molecule has 132 valence electrons. The molecule has 3 aliphatic rings. The third-order valence-corrected chi connectivity index (χ3v) is 5.69. The van der Waals surface area contributed by atoms with Crippen LogP contribution >= 0.6 is 0 Å². The normalized spacial score (nSPS) is 23.0. The number of hydrogen-bond acceptors (Lipinski definition) is 2. The molecule has 0 bridgehead atoms.